The maximum Gasteiger partial charge on any atom is 0.416 e. The standard InChI is InChI=1S/C27H32F3N3O3/c1-18-14-22(17-33(18)23-10-12-26(36,13-11-23)20-7-3-2-4-8-20)32-24(34)16-31-25(35)19-6-5-9-21(15-19)27(28,29)30/h2-9,15,18,22-23,36H,10-14,16-17H2,1H3,(H,31,35)(H,32,34)/t18-,22+,23?,26?/m0/s1. The molecule has 6 nitrogen and oxygen atoms in total. The molecule has 194 valence electrons. The van der Waals surface area contributed by atoms with Gasteiger partial charge in [-0.1, -0.05) is 36.4 Å². The third-order valence-corrected chi connectivity index (χ3v) is 7.41. The van der Waals surface area contributed by atoms with Crippen molar-refractivity contribution in [1.82, 2.24) is 15.5 Å². The maximum atomic E-state index is 12.9. The average Bonchev–Trinajstić information content (AvgIpc) is 3.22. The van der Waals surface area contributed by atoms with Gasteiger partial charge in [0.1, 0.15) is 0 Å². The van der Waals surface area contributed by atoms with Crippen LogP contribution in [-0.2, 0) is 16.6 Å². The van der Waals surface area contributed by atoms with Crippen LogP contribution in [0.25, 0.3) is 0 Å². The van der Waals surface area contributed by atoms with Crippen molar-refractivity contribution in [2.45, 2.75) is 68.9 Å². The monoisotopic (exact) mass is 503 g/mol. The topological polar surface area (TPSA) is 81.7 Å². The van der Waals surface area contributed by atoms with Crippen molar-refractivity contribution in [2.24, 2.45) is 0 Å². The predicted octanol–water partition coefficient (Wildman–Crippen LogP) is 3.84. The van der Waals surface area contributed by atoms with Crippen molar-refractivity contribution in [1.29, 1.82) is 0 Å². The number of carbonyl (C=O) groups is 2. The lowest BCUT2D eigenvalue weighted by Crippen LogP contribution is -2.46. The van der Waals surface area contributed by atoms with Gasteiger partial charge in [0, 0.05) is 30.2 Å². The van der Waals surface area contributed by atoms with E-state index in [4.69, 9.17) is 0 Å². The number of hydrogen-bond donors (Lipinski definition) is 3. The molecular formula is C27H32F3N3O3. The molecule has 2 atom stereocenters. The Kier molecular flexibility index (Phi) is 7.70. The smallest absolute Gasteiger partial charge is 0.385 e. The normalized spacial score (nSPS) is 27.0. The number of aliphatic hydroxyl groups is 1. The fourth-order valence-corrected chi connectivity index (χ4v) is 5.50. The number of alkyl halides is 3. The lowest BCUT2D eigenvalue weighted by molar-refractivity contribution is -0.137. The second kappa shape index (κ2) is 10.6. The molecule has 1 saturated carbocycles. The number of carbonyl (C=O) groups excluding carboxylic acids is 2. The van der Waals surface area contributed by atoms with E-state index >= 15 is 0 Å². The number of hydrogen-bond acceptors (Lipinski definition) is 4. The molecule has 1 saturated heterocycles. The van der Waals surface area contributed by atoms with Crippen molar-refractivity contribution in [3.63, 3.8) is 0 Å². The van der Waals surface area contributed by atoms with Crippen LogP contribution in [0.2, 0.25) is 0 Å². The van der Waals surface area contributed by atoms with Gasteiger partial charge in [-0.05, 0) is 62.8 Å². The molecular weight excluding hydrogens is 471 g/mol. The Morgan fingerprint density at radius 2 is 1.78 bits per heavy atom. The number of nitrogens with zero attached hydrogens (tertiary/aromatic N) is 1. The molecule has 0 spiro atoms. The number of halogens is 3. The first kappa shape index (κ1) is 26.2. The van der Waals surface area contributed by atoms with E-state index in [1.54, 1.807) is 0 Å². The Labute approximate surface area is 208 Å². The van der Waals surface area contributed by atoms with Gasteiger partial charge in [-0.3, -0.25) is 14.5 Å². The summed E-state index contributed by atoms with van der Waals surface area (Å²) in [6.45, 7) is 2.50. The molecule has 2 aromatic rings. The van der Waals surface area contributed by atoms with E-state index < -0.39 is 23.2 Å². The number of rotatable bonds is 6. The van der Waals surface area contributed by atoms with Crippen LogP contribution < -0.4 is 10.6 Å². The Morgan fingerprint density at radius 3 is 2.44 bits per heavy atom. The van der Waals surface area contributed by atoms with Gasteiger partial charge in [-0.2, -0.15) is 13.2 Å². The molecule has 0 radical (unpaired) electrons. The summed E-state index contributed by atoms with van der Waals surface area (Å²) in [6.07, 6.45) is -0.677. The first-order chi connectivity index (χ1) is 17.0. The Balaban J connectivity index is 1.25. The van der Waals surface area contributed by atoms with E-state index in [2.05, 4.69) is 22.5 Å². The molecule has 1 aliphatic heterocycles. The van der Waals surface area contributed by atoms with E-state index in [1.807, 2.05) is 30.3 Å². The van der Waals surface area contributed by atoms with Gasteiger partial charge in [0.15, 0.2) is 0 Å². The highest BCUT2D eigenvalue weighted by atomic mass is 19.4. The Hall–Kier alpha value is -2.91. The minimum absolute atomic E-state index is 0.0760. The van der Waals surface area contributed by atoms with Crippen molar-refractivity contribution in [2.75, 3.05) is 13.1 Å². The zero-order chi connectivity index (χ0) is 25.9. The van der Waals surface area contributed by atoms with Crippen LogP contribution in [0, 0.1) is 0 Å². The Bertz CT molecular complexity index is 1070. The quantitative estimate of drug-likeness (QED) is 0.560. The van der Waals surface area contributed by atoms with Crippen LogP contribution in [0.15, 0.2) is 54.6 Å². The molecule has 2 aromatic carbocycles. The summed E-state index contributed by atoms with van der Waals surface area (Å²) in [5.41, 5.74) is -0.905. The van der Waals surface area contributed by atoms with Crippen LogP contribution in [0.3, 0.4) is 0 Å². The molecule has 0 unspecified atom stereocenters. The highest BCUT2D eigenvalue weighted by Crippen LogP contribution is 2.40. The van der Waals surface area contributed by atoms with Gasteiger partial charge in [0.25, 0.3) is 5.91 Å². The summed E-state index contributed by atoms with van der Waals surface area (Å²) in [4.78, 5) is 27.1. The Morgan fingerprint density at radius 1 is 1.08 bits per heavy atom. The number of benzene rings is 2. The second-order valence-corrected chi connectivity index (χ2v) is 9.94. The molecule has 0 bridgehead atoms. The fraction of sp³-hybridized carbons (Fsp3) is 0.481. The van der Waals surface area contributed by atoms with Crippen molar-refractivity contribution in [3.05, 3.63) is 71.3 Å². The lowest BCUT2D eigenvalue weighted by atomic mass is 9.77. The van der Waals surface area contributed by atoms with Crippen molar-refractivity contribution >= 4 is 11.8 Å². The van der Waals surface area contributed by atoms with Crippen LogP contribution >= 0.6 is 0 Å². The molecule has 2 aliphatic rings. The highest BCUT2D eigenvalue weighted by molar-refractivity contribution is 5.96. The summed E-state index contributed by atoms with van der Waals surface area (Å²) in [6, 6.07) is 14.4. The first-order valence-electron chi connectivity index (χ1n) is 12.3. The summed E-state index contributed by atoms with van der Waals surface area (Å²) in [7, 11) is 0. The summed E-state index contributed by atoms with van der Waals surface area (Å²) in [5.74, 6) is -1.11. The van der Waals surface area contributed by atoms with E-state index in [0.717, 1.165) is 43.0 Å². The molecule has 1 heterocycles. The maximum absolute atomic E-state index is 12.9. The average molecular weight is 504 g/mol. The van der Waals surface area contributed by atoms with Crippen LogP contribution in [-0.4, -0.2) is 53.0 Å². The zero-order valence-corrected chi connectivity index (χ0v) is 20.2. The van der Waals surface area contributed by atoms with Gasteiger partial charge in [0.05, 0.1) is 17.7 Å². The van der Waals surface area contributed by atoms with Crippen LogP contribution in [0.1, 0.15) is 60.5 Å². The molecule has 9 heteroatoms. The van der Waals surface area contributed by atoms with Crippen molar-refractivity contribution < 1.29 is 27.9 Å². The predicted molar refractivity (Wildman–Crippen MR) is 129 cm³/mol. The summed E-state index contributed by atoms with van der Waals surface area (Å²) >= 11 is 0. The molecule has 3 N–H and O–H groups in total. The molecule has 1 aliphatic carbocycles. The molecule has 0 aromatic heterocycles. The third kappa shape index (κ3) is 6.07. The lowest BCUT2D eigenvalue weighted by Gasteiger charge is -2.41. The van der Waals surface area contributed by atoms with Gasteiger partial charge in [0.2, 0.25) is 5.91 Å². The highest BCUT2D eigenvalue weighted by Gasteiger charge is 2.40. The molecule has 4 rings (SSSR count). The van der Waals surface area contributed by atoms with E-state index in [-0.39, 0.29) is 30.1 Å². The largest absolute Gasteiger partial charge is 0.416 e. The SMILES string of the molecule is C[C@H]1C[C@@H](NC(=O)CNC(=O)c2cccc(C(F)(F)F)c2)CN1C1CCC(O)(c2ccccc2)CC1. The van der Waals surface area contributed by atoms with E-state index in [9.17, 15) is 27.9 Å². The number of likely N-dealkylation sites (tertiary alicyclic amines) is 1. The third-order valence-electron chi connectivity index (χ3n) is 7.41. The molecule has 36 heavy (non-hydrogen) atoms. The summed E-state index contributed by atoms with van der Waals surface area (Å²) < 4.78 is 38.6. The number of nitrogens with one attached hydrogen (secondary N) is 2. The van der Waals surface area contributed by atoms with Gasteiger partial charge >= 0.3 is 6.18 Å². The van der Waals surface area contributed by atoms with Crippen LogP contribution in [0.4, 0.5) is 13.2 Å². The van der Waals surface area contributed by atoms with Gasteiger partial charge in [-0.15, -0.1) is 0 Å². The fourth-order valence-electron chi connectivity index (χ4n) is 5.50. The number of amides is 2. The molecule has 2 fully saturated rings. The molecule has 2 amide bonds. The minimum Gasteiger partial charge on any atom is -0.385 e. The van der Waals surface area contributed by atoms with E-state index in [1.165, 1.54) is 6.07 Å². The van der Waals surface area contributed by atoms with Gasteiger partial charge in [-0.25, -0.2) is 0 Å². The second-order valence-electron chi connectivity index (χ2n) is 9.94. The van der Waals surface area contributed by atoms with Crippen LogP contribution in [0.5, 0.6) is 0 Å². The van der Waals surface area contributed by atoms with E-state index in [0.29, 0.717) is 25.4 Å². The van der Waals surface area contributed by atoms with Crippen molar-refractivity contribution in [3.8, 4) is 0 Å². The zero-order valence-electron chi connectivity index (χ0n) is 20.2. The summed E-state index contributed by atoms with van der Waals surface area (Å²) in [5, 5.41) is 16.5. The van der Waals surface area contributed by atoms with Gasteiger partial charge < -0.3 is 15.7 Å². The minimum atomic E-state index is -4.54. The first-order valence-corrected chi connectivity index (χ1v) is 12.3.